The molecule has 2 aromatic rings. The largest absolute Gasteiger partial charge is 0.492 e. The third-order valence-electron chi connectivity index (χ3n) is 4.41. The van der Waals surface area contributed by atoms with Crippen LogP contribution in [0.1, 0.15) is 46.5 Å². The van der Waals surface area contributed by atoms with E-state index in [-0.39, 0.29) is 10.2 Å². The van der Waals surface area contributed by atoms with E-state index in [1.54, 1.807) is 0 Å². The lowest BCUT2D eigenvalue weighted by atomic mass is 9.85. The van der Waals surface area contributed by atoms with Crippen LogP contribution >= 0.6 is 15.9 Å². The summed E-state index contributed by atoms with van der Waals surface area (Å²) in [5.41, 5.74) is 6.73. The maximum atomic E-state index is 5.79. The second-order valence-corrected chi connectivity index (χ2v) is 7.51. The first-order valence-corrected chi connectivity index (χ1v) is 8.29. The molecule has 3 rings (SSSR count). The summed E-state index contributed by atoms with van der Waals surface area (Å²) in [4.78, 5) is 0.223. The number of alkyl halides is 1. The average molecular weight is 345 g/mol. The molecule has 0 amide bonds. The summed E-state index contributed by atoms with van der Waals surface area (Å²) in [5, 5.41) is 0. The van der Waals surface area contributed by atoms with Crippen molar-refractivity contribution in [3.8, 4) is 5.75 Å². The highest BCUT2D eigenvalue weighted by atomic mass is 79.9. The van der Waals surface area contributed by atoms with Gasteiger partial charge in [0.05, 0.1) is 11.4 Å². The van der Waals surface area contributed by atoms with Gasteiger partial charge in [0, 0.05) is 11.0 Å². The van der Waals surface area contributed by atoms with Gasteiger partial charge < -0.3 is 4.74 Å². The quantitative estimate of drug-likeness (QED) is 0.657. The molecule has 0 fully saturated rings. The zero-order chi connectivity index (χ0) is 15.2. The SMILES string of the molecule is Cc1cccc(C)c1C(Br)c1ccc2c(c1)C(C)(C)CO2. The van der Waals surface area contributed by atoms with E-state index in [1.165, 1.54) is 27.8 Å². The monoisotopic (exact) mass is 344 g/mol. The van der Waals surface area contributed by atoms with Crippen LogP contribution in [0.4, 0.5) is 0 Å². The highest BCUT2D eigenvalue weighted by Crippen LogP contribution is 2.42. The van der Waals surface area contributed by atoms with Crippen molar-refractivity contribution in [3.63, 3.8) is 0 Å². The fourth-order valence-electron chi connectivity index (χ4n) is 3.09. The van der Waals surface area contributed by atoms with Gasteiger partial charge in [-0.1, -0.05) is 54.0 Å². The first-order chi connectivity index (χ1) is 9.90. The van der Waals surface area contributed by atoms with Gasteiger partial charge >= 0.3 is 0 Å². The molecule has 1 heterocycles. The summed E-state index contributed by atoms with van der Waals surface area (Å²) in [6.45, 7) is 9.60. The second-order valence-electron chi connectivity index (χ2n) is 6.60. The zero-order valence-electron chi connectivity index (χ0n) is 13.0. The fraction of sp³-hybridized carbons (Fsp3) is 0.368. The molecule has 110 valence electrons. The van der Waals surface area contributed by atoms with Gasteiger partial charge in [0.2, 0.25) is 0 Å². The lowest BCUT2D eigenvalue weighted by Crippen LogP contribution is -2.18. The molecule has 0 saturated heterocycles. The molecule has 21 heavy (non-hydrogen) atoms. The number of fused-ring (bicyclic) bond motifs is 1. The Morgan fingerprint density at radius 1 is 1.10 bits per heavy atom. The Labute approximate surface area is 135 Å². The highest BCUT2D eigenvalue weighted by Gasteiger charge is 2.32. The van der Waals surface area contributed by atoms with E-state index < -0.39 is 0 Å². The molecule has 1 unspecified atom stereocenters. The molecule has 1 aliphatic heterocycles. The topological polar surface area (TPSA) is 9.23 Å². The molecule has 1 aliphatic rings. The molecular weight excluding hydrogens is 324 g/mol. The van der Waals surface area contributed by atoms with Gasteiger partial charge in [0.25, 0.3) is 0 Å². The van der Waals surface area contributed by atoms with Crippen LogP contribution in [-0.4, -0.2) is 6.61 Å². The normalized spacial score (nSPS) is 17.2. The molecule has 0 aromatic heterocycles. The van der Waals surface area contributed by atoms with E-state index in [4.69, 9.17) is 4.74 Å². The minimum atomic E-state index is 0.0961. The average Bonchev–Trinajstić information content (AvgIpc) is 2.74. The summed E-state index contributed by atoms with van der Waals surface area (Å²) in [5.74, 6) is 1.03. The Bertz CT molecular complexity index is 668. The molecular formula is C19H21BrO. The van der Waals surface area contributed by atoms with Crippen LogP contribution in [0, 0.1) is 13.8 Å². The minimum absolute atomic E-state index is 0.0961. The van der Waals surface area contributed by atoms with Crippen LogP contribution in [-0.2, 0) is 5.41 Å². The van der Waals surface area contributed by atoms with E-state index in [9.17, 15) is 0 Å². The number of rotatable bonds is 2. The molecule has 2 aromatic carbocycles. The first-order valence-electron chi connectivity index (χ1n) is 7.37. The molecule has 0 radical (unpaired) electrons. The maximum absolute atomic E-state index is 5.79. The number of hydrogen-bond acceptors (Lipinski definition) is 1. The Morgan fingerprint density at radius 3 is 2.43 bits per heavy atom. The van der Waals surface area contributed by atoms with Crippen LogP contribution in [0.3, 0.4) is 0 Å². The predicted octanol–water partition coefficient (Wildman–Crippen LogP) is 5.46. The molecule has 0 bridgehead atoms. The summed E-state index contributed by atoms with van der Waals surface area (Å²) in [6.07, 6.45) is 0. The lowest BCUT2D eigenvalue weighted by molar-refractivity contribution is 0.291. The molecule has 0 N–H and O–H groups in total. The summed E-state index contributed by atoms with van der Waals surface area (Å²) in [6, 6.07) is 13.1. The van der Waals surface area contributed by atoms with Gasteiger partial charge in [-0.25, -0.2) is 0 Å². The van der Waals surface area contributed by atoms with Crippen molar-refractivity contribution in [1.29, 1.82) is 0 Å². The third kappa shape index (κ3) is 2.50. The number of hydrogen-bond donors (Lipinski definition) is 0. The lowest BCUT2D eigenvalue weighted by Gasteiger charge is -2.20. The number of benzene rings is 2. The van der Waals surface area contributed by atoms with Crippen molar-refractivity contribution < 1.29 is 4.74 Å². The van der Waals surface area contributed by atoms with Gasteiger partial charge in [-0.15, -0.1) is 0 Å². The Kier molecular flexibility index (Phi) is 3.61. The number of ether oxygens (including phenoxy) is 1. The Balaban J connectivity index is 2.06. The van der Waals surface area contributed by atoms with E-state index in [0.29, 0.717) is 0 Å². The van der Waals surface area contributed by atoms with E-state index in [1.807, 2.05) is 0 Å². The van der Waals surface area contributed by atoms with Gasteiger partial charge in [0.15, 0.2) is 0 Å². The zero-order valence-corrected chi connectivity index (χ0v) is 14.6. The predicted molar refractivity (Wildman–Crippen MR) is 91.6 cm³/mol. The number of halogens is 1. The molecule has 0 aliphatic carbocycles. The van der Waals surface area contributed by atoms with E-state index >= 15 is 0 Å². The first kappa shape index (κ1) is 14.6. The van der Waals surface area contributed by atoms with Crippen LogP contribution in [0.2, 0.25) is 0 Å². The second kappa shape index (κ2) is 5.17. The molecule has 0 saturated carbocycles. The van der Waals surface area contributed by atoms with E-state index in [0.717, 1.165) is 12.4 Å². The van der Waals surface area contributed by atoms with Crippen molar-refractivity contribution in [2.75, 3.05) is 6.61 Å². The molecule has 2 heteroatoms. The van der Waals surface area contributed by atoms with Crippen molar-refractivity contribution in [2.24, 2.45) is 0 Å². The van der Waals surface area contributed by atoms with Crippen molar-refractivity contribution in [1.82, 2.24) is 0 Å². The van der Waals surface area contributed by atoms with Crippen LogP contribution in [0.25, 0.3) is 0 Å². The summed E-state index contributed by atoms with van der Waals surface area (Å²) in [7, 11) is 0. The van der Waals surface area contributed by atoms with Crippen molar-refractivity contribution in [3.05, 3.63) is 64.2 Å². The van der Waals surface area contributed by atoms with Gasteiger partial charge in [0.1, 0.15) is 5.75 Å². The summed E-state index contributed by atoms with van der Waals surface area (Å²) >= 11 is 3.90. The van der Waals surface area contributed by atoms with E-state index in [2.05, 4.69) is 80.0 Å². The molecule has 1 nitrogen and oxygen atoms in total. The van der Waals surface area contributed by atoms with Crippen LogP contribution in [0.15, 0.2) is 36.4 Å². The highest BCUT2D eigenvalue weighted by molar-refractivity contribution is 9.09. The number of aryl methyl sites for hydroxylation is 2. The third-order valence-corrected chi connectivity index (χ3v) is 5.40. The Morgan fingerprint density at radius 2 is 1.76 bits per heavy atom. The minimum Gasteiger partial charge on any atom is -0.492 e. The maximum Gasteiger partial charge on any atom is 0.123 e. The van der Waals surface area contributed by atoms with Gasteiger partial charge in [-0.3, -0.25) is 0 Å². The van der Waals surface area contributed by atoms with Crippen LogP contribution < -0.4 is 4.74 Å². The summed E-state index contributed by atoms with van der Waals surface area (Å²) < 4.78 is 5.79. The standard InChI is InChI=1S/C19H21BrO/c1-12-6-5-7-13(2)17(12)18(20)14-8-9-16-15(10-14)19(3,4)11-21-16/h5-10,18H,11H2,1-4H3. The smallest absolute Gasteiger partial charge is 0.123 e. The Hall–Kier alpha value is -1.28. The van der Waals surface area contributed by atoms with Crippen molar-refractivity contribution >= 4 is 15.9 Å². The molecule has 0 spiro atoms. The van der Waals surface area contributed by atoms with Gasteiger partial charge in [-0.2, -0.15) is 0 Å². The van der Waals surface area contributed by atoms with Crippen LogP contribution in [0.5, 0.6) is 5.75 Å². The van der Waals surface area contributed by atoms with Gasteiger partial charge in [-0.05, 0) is 48.2 Å². The molecule has 1 atom stereocenters. The van der Waals surface area contributed by atoms with Crippen molar-refractivity contribution in [2.45, 2.75) is 37.9 Å². The fourth-order valence-corrected chi connectivity index (χ4v) is 4.10.